The number of aromatic nitrogens is 3. The van der Waals surface area contributed by atoms with Crippen LogP contribution in [0.15, 0.2) is 41.1 Å². The first-order valence-electron chi connectivity index (χ1n) is 7.16. The van der Waals surface area contributed by atoms with Crippen molar-refractivity contribution in [1.29, 1.82) is 0 Å². The molecule has 114 valence electrons. The van der Waals surface area contributed by atoms with Gasteiger partial charge in [0.15, 0.2) is 15.5 Å². The first kappa shape index (κ1) is 13.5. The van der Waals surface area contributed by atoms with Gasteiger partial charge in [-0.3, -0.25) is 0 Å². The van der Waals surface area contributed by atoms with E-state index in [9.17, 15) is 8.42 Å². The van der Waals surface area contributed by atoms with Crippen LogP contribution >= 0.6 is 0 Å². The second-order valence-electron chi connectivity index (χ2n) is 5.58. The fraction of sp³-hybridized carbons (Fsp3) is 0.333. The van der Waals surface area contributed by atoms with Crippen molar-refractivity contribution in [3.05, 3.63) is 48.3 Å². The van der Waals surface area contributed by atoms with E-state index in [4.69, 9.17) is 4.42 Å². The number of fused-ring (bicyclic) bond motifs is 1. The zero-order valence-electron chi connectivity index (χ0n) is 11.8. The van der Waals surface area contributed by atoms with Crippen molar-refractivity contribution in [3.8, 4) is 0 Å². The fourth-order valence-electron chi connectivity index (χ4n) is 3.00. The van der Waals surface area contributed by atoms with Crippen molar-refractivity contribution in [3.63, 3.8) is 0 Å². The topological polar surface area (TPSA) is 78.0 Å². The number of furan rings is 1. The Hall–Kier alpha value is -2.15. The standard InChI is InChI=1S/C15H15N3O3S/c19-22(20)8-5-11(10-22)14-17-13-4-1-6-16-15(13)18(14)9-12-3-2-7-21-12/h1-4,6-7,11H,5,8-10H2. The molecule has 0 spiro atoms. The minimum Gasteiger partial charge on any atom is -0.467 e. The van der Waals surface area contributed by atoms with E-state index in [1.807, 2.05) is 28.8 Å². The van der Waals surface area contributed by atoms with Crippen LogP contribution in [0, 0.1) is 0 Å². The molecular formula is C15H15N3O3S. The molecule has 4 heterocycles. The summed E-state index contributed by atoms with van der Waals surface area (Å²) in [6.45, 7) is 0.506. The minimum atomic E-state index is -2.96. The SMILES string of the molecule is O=S1(=O)CCC(c2nc3cccnc3n2Cc2ccco2)C1. The lowest BCUT2D eigenvalue weighted by Gasteiger charge is -2.11. The van der Waals surface area contributed by atoms with Crippen molar-refractivity contribution >= 4 is 21.0 Å². The lowest BCUT2D eigenvalue weighted by atomic mass is 10.1. The summed E-state index contributed by atoms with van der Waals surface area (Å²) >= 11 is 0. The third kappa shape index (κ3) is 2.31. The Kier molecular flexibility index (Phi) is 3.04. The average molecular weight is 317 g/mol. The summed E-state index contributed by atoms with van der Waals surface area (Å²) in [5, 5.41) is 0. The first-order valence-corrected chi connectivity index (χ1v) is 8.98. The van der Waals surface area contributed by atoms with Crippen LogP contribution in [0.3, 0.4) is 0 Å². The fourth-order valence-corrected chi connectivity index (χ4v) is 4.74. The molecule has 1 unspecified atom stereocenters. The van der Waals surface area contributed by atoms with E-state index < -0.39 is 9.84 Å². The molecule has 1 saturated heterocycles. The Morgan fingerprint density at radius 2 is 2.23 bits per heavy atom. The molecule has 0 amide bonds. The van der Waals surface area contributed by atoms with Gasteiger partial charge in [0.2, 0.25) is 0 Å². The maximum Gasteiger partial charge on any atom is 0.160 e. The minimum absolute atomic E-state index is 0.0748. The molecule has 22 heavy (non-hydrogen) atoms. The normalized spacial score (nSPS) is 20.6. The van der Waals surface area contributed by atoms with Crippen LogP contribution in [0.5, 0.6) is 0 Å². The number of pyridine rings is 1. The third-order valence-electron chi connectivity index (χ3n) is 4.02. The van der Waals surface area contributed by atoms with Gasteiger partial charge in [0.05, 0.1) is 24.3 Å². The Morgan fingerprint density at radius 1 is 1.32 bits per heavy atom. The highest BCUT2D eigenvalue weighted by Crippen LogP contribution is 2.30. The zero-order chi connectivity index (χ0) is 15.2. The number of rotatable bonds is 3. The van der Waals surface area contributed by atoms with E-state index in [1.54, 1.807) is 12.5 Å². The molecule has 0 saturated carbocycles. The number of sulfone groups is 1. The predicted octanol–water partition coefficient (Wildman–Crippen LogP) is 1.97. The summed E-state index contributed by atoms with van der Waals surface area (Å²) in [5.74, 6) is 1.90. The van der Waals surface area contributed by atoms with Gasteiger partial charge in [-0.15, -0.1) is 0 Å². The molecule has 0 aromatic carbocycles. The monoisotopic (exact) mass is 317 g/mol. The summed E-state index contributed by atoms with van der Waals surface area (Å²) in [6.07, 6.45) is 3.96. The van der Waals surface area contributed by atoms with Gasteiger partial charge in [-0.2, -0.15) is 0 Å². The van der Waals surface area contributed by atoms with Gasteiger partial charge < -0.3 is 8.98 Å². The predicted molar refractivity (Wildman–Crippen MR) is 81.3 cm³/mol. The zero-order valence-corrected chi connectivity index (χ0v) is 12.7. The summed E-state index contributed by atoms with van der Waals surface area (Å²) in [5.41, 5.74) is 1.55. The highest BCUT2D eigenvalue weighted by atomic mass is 32.2. The van der Waals surface area contributed by atoms with Crippen LogP contribution in [0.25, 0.3) is 11.2 Å². The summed E-state index contributed by atoms with van der Waals surface area (Å²) in [6, 6.07) is 7.46. The van der Waals surface area contributed by atoms with Crippen molar-refractivity contribution in [2.24, 2.45) is 0 Å². The summed E-state index contributed by atoms with van der Waals surface area (Å²) in [4.78, 5) is 9.03. The maximum absolute atomic E-state index is 11.8. The van der Waals surface area contributed by atoms with Crippen LogP contribution < -0.4 is 0 Å². The molecule has 4 rings (SSSR count). The second-order valence-corrected chi connectivity index (χ2v) is 7.81. The highest BCUT2D eigenvalue weighted by molar-refractivity contribution is 7.91. The molecule has 0 N–H and O–H groups in total. The van der Waals surface area contributed by atoms with Crippen LogP contribution in [0.4, 0.5) is 0 Å². The molecular weight excluding hydrogens is 302 g/mol. The molecule has 6 nitrogen and oxygen atoms in total. The quantitative estimate of drug-likeness (QED) is 0.738. The Labute approximate surface area is 127 Å². The van der Waals surface area contributed by atoms with Gasteiger partial charge in [0, 0.05) is 12.1 Å². The molecule has 1 atom stereocenters. The molecule has 1 aliphatic rings. The Bertz CT molecular complexity index is 913. The molecule has 7 heteroatoms. The first-order chi connectivity index (χ1) is 10.6. The molecule has 0 bridgehead atoms. The Morgan fingerprint density at radius 3 is 2.95 bits per heavy atom. The molecule has 0 aliphatic carbocycles. The molecule has 3 aromatic rings. The molecule has 1 aliphatic heterocycles. The van der Waals surface area contributed by atoms with Crippen molar-refractivity contribution in [2.75, 3.05) is 11.5 Å². The van der Waals surface area contributed by atoms with Gasteiger partial charge in [0.1, 0.15) is 17.1 Å². The maximum atomic E-state index is 11.8. The van der Waals surface area contributed by atoms with E-state index in [1.165, 1.54) is 0 Å². The van der Waals surface area contributed by atoms with Crippen molar-refractivity contribution in [1.82, 2.24) is 14.5 Å². The van der Waals surface area contributed by atoms with Crippen LogP contribution in [-0.2, 0) is 16.4 Å². The van der Waals surface area contributed by atoms with Crippen LogP contribution in [0.1, 0.15) is 23.9 Å². The number of hydrogen-bond acceptors (Lipinski definition) is 5. The van der Waals surface area contributed by atoms with E-state index in [0.29, 0.717) is 13.0 Å². The van der Waals surface area contributed by atoms with Gasteiger partial charge >= 0.3 is 0 Å². The van der Waals surface area contributed by atoms with Crippen molar-refractivity contribution < 1.29 is 12.8 Å². The lowest BCUT2D eigenvalue weighted by molar-refractivity contribution is 0.487. The van der Waals surface area contributed by atoms with Crippen LogP contribution in [0.2, 0.25) is 0 Å². The molecule has 1 fully saturated rings. The van der Waals surface area contributed by atoms with Crippen molar-refractivity contribution in [2.45, 2.75) is 18.9 Å². The summed E-state index contributed by atoms with van der Waals surface area (Å²) in [7, 11) is -2.96. The van der Waals surface area contributed by atoms with E-state index in [0.717, 1.165) is 22.7 Å². The van der Waals surface area contributed by atoms with Crippen LogP contribution in [-0.4, -0.2) is 34.5 Å². The summed E-state index contributed by atoms with van der Waals surface area (Å²) < 4.78 is 31.0. The smallest absolute Gasteiger partial charge is 0.160 e. The highest BCUT2D eigenvalue weighted by Gasteiger charge is 2.33. The van der Waals surface area contributed by atoms with E-state index in [-0.39, 0.29) is 17.4 Å². The average Bonchev–Trinajstić information content (AvgIpc) is 3.19. The van der Waals surface area contributed by atoms with Gasteiger partial charge in [-0.05, 0) is 30.7 Å². The van der Waals surface area contributed by atoms with Gasteiger partial charge in [-0.1, -0.05) is 0 Å². The van der Waals surface area contributed by atoms with Gasteiger partial charge in [-0.25, -0.2) is 18.4 Å². The second kappa shape index (κ2) is 4.95. The molecule has 3 aromatic heterocycles. The third-order valence-corrected chi connectivity index (χ3v) is 5.79. The Balaban J connectivity index is 1.83. The number of imidazole rings is 1. The van der Waals surface area contributed by atoms with E-state index >= 15 is 0 Å². The number of nitrogens with zero attached hydrogens (tertiary/aromatic N) is 3. The number of hydrogen-bond donors (Lipinski definition) is 0. The largest absolute Gasteiger partial charge is 0.467 e. The van der Waals surface area contributed by atoms with E-state index in [2.05, 4.69) is 9.97 Å². The van der Waals surface area contributed by atoms with Gasteiger partial charge in [0.25, 0.3) is 0 Å². The molecule has 0 radical (unpaired) electrons. The lowest BCUT2D eigenvalue weighted by Crippen LogP contribution is -2.12.